The molecule has 0 bridgehead atoms. The average molecular weight is 361 g/mol. The zero-order valence-corrected chi connectivity index (χ0v) is 13.6. The molecule has 0 saturated heterocycles. The van der Waals surface area contributed by atoms with Crippen LogP contribution in [0.25, 0.3) is 0 Å². The number of anilines is 1. The van der Waals surface area contributed by atoms with Gasteiger partial charge in [-0.1, -0.05) is 45.7 Å². The zero-order valence-electron chi connectivity index (χ0n) is 10.4. The van der Waals surface area contributed by atoms with Crippen molar-refractivity contribution >= 4 is 37.5 Å². The summed E-state index contributed by atoms with van der Waals surface area (Å²) in [6.07, 6.45) is 2.70. The topological polar surface area (TPSA) is 3.24 Å². The SMILES string of the molecule is CC(C)CN(c1ccc(Br)cc1CBr)C1CC1. The minimum absolute atomic E-state index is 0.711. The van der Waals surface area contributed by atoms with E-state index in [0.717, 1.165) is 22.4 Å². The second-order valence-corrected chi connectivity index (χ2v) is 6.66. The minimum atomic E-state index is 0.711. The van der Waals surface area contributed by atoms with E-state index >= 15 is 0 Å². The van der Waals surface area contributed by atoms with E-state index in [0.29, 0.717) is 5.92 Å². The number of benzene rings is 1. The van der Waals surface area contributed by atoms with Gasteiger partial charge in [0.15, 0.2) is 0 Å². The number of hydrogen-bond donors (Lipinski definition) is 0. The lowest BCUT2D eigenvalue weighted by Gasteiger charge is -2.28. The molecule has 0 atom stereocenters. The van der Waals surface area contributed by atoms with Crippen LogP contribution in [-0.2, 0) is 5.33 Å². The molecule has 1 aromatic rings. The van der Waals surface area contributed by atoms with Crippen LogP contribution in [-0.4, -0.2) is 12.6 Å². The minimum Gasteiger partial charge on any atom is -0.368 e. The van der Waals surface area contributed by atoms with E-state index in [2.05, 4.69) is 68.8 Å². The van der Waals surface area contributed by atoms with Gasteiger partial charge in [-0.05, 0) is 42.5 Å². The molecule has 1 aliphatic rings. The van der Waals surface area contributed by atoms with Gasteiger partial charge in [-0.3, -0.25) is 0 Å². The van der Waals surface area contributed by atoms with Crippen LogP contribution in [0.15, 0.2) is 22.7 Å². The first-order valence-electron chi connectivity index (χ1n) is 6.23. The molecule has 0 N–H and O–H groups in total. The summed E-state index contributed by atoms with van der Waals surface area (Å²) in [6, 6.07) is 7.40. The van der Waals surface area contributed by atoms with Crippen LogP contribution in [0.5, 0.6) is 0 Å². The molecule has 94 valence electrons. The van der Waals surface area contributed by atoms with Crippen molar-refractivity contribution < 1.29 is 0 Å². The van der Waals surface area contributed by atoms with Crippen molar-refractivity contribution in [1.29, 1.82) is 0 Å². The van der Waals surface area contributed by atoms with Gasteiger partial charge in [0.05, 0.1) is 0 Å². The zero-order chi connectivity index (χ0) is 12.4. The molecule has 1 nitrogen and oxygen atoms in total. The Bertz CT molecular complexity index is 386. The number of nitrogens with zero attached hydrogens (tertiary/aromatic N) is 1. The predicted octanol–water partition coefficient (Wildman–Crippen LogP) is 4.97. The molecule has 0 aromatic heterocycles. The predicted molar refractivity (Wildman–Crippen MR) is 82.0 cm³/mol. The first-order chi connectivity index (χ1) is 8.11. The van der Waals surface area contributed by atoms with Crippen molar-refractivity contribution in [2.75, 3.05) is 11.4 Å². The Morgan fingerprint density at radius 2 is 2.06 bits per heavy atom. The van der Waals surface area contributed by atoms with Crippen molar-refractivity contribution in [1.82, 2.24) is 0 Å². The monoisotopic (exact) mass is 359 g/mol. The van der Waals surface area contributed by atoms with Gasteiger partial charge in [0.1, 0.15) is 0 Å². The molecule has 1 saturated carbocycles. The van der Waals surface area contributed by atoms with Crippen LogP contribution < -0.4 is 4.90 Å². The second-order valence-electron chi connectivity index (χ2n) is 5.18. The molecule has 0 unspecified atom stereocenters. The van der Waals surface area contributed by atoms with Crippen LogP contribution in [0.3, 0.4) is 0 Å². The highest BCUT2D eigenvalue weighted by Gasteiger charge is 2.30. The summed E-state index contributed by atoms with van der Waals surface area (Å²) in [7, 11) is 0. The van der Waals surface area contributed by atoms with Gasteiger partial charge in [0, 0.05) is 28.1 Å². The van der Waals surface area contributed by atoms with Crippen LogP contribution in [0.1, 0.15) is 32.3 Å². The molecule has 1 aromatic carbocycles. The van der Waals surface area contributed by atoms with Gasteiger partial charge in [0.25, 0.3) is 0 Å². The highest BCUT2D eigenvalue weighted by atomic mass is 79.9. The smallest absolute Gasteiger partial charge is 0.0410 e. The third-order valence-corrected chi connectivity index (χ3v) is 4.14. The fourth-order valence-electron chi connectivity index (χ4n) is 2.17. The van der Waals surface area contributed by atoms with E-state index in [-0.39, 0.29) is 0 Å². The van der Waals surface area contributed by atoms with Gasteiger partial charge in [-0.15, -0.1) is 0 Å². The molecule has 0 radical (unpaired) electrons. The quantitative estimate of drug-likeness (QED) is 0.670. The number of alkyl halides is 1. The summed E-state index contributed by atoms with van der Waals surface area (Å²) in [5.74, 6) is 0.711. The summed E-state index contributed by atoms with van der Waals surface area (Å²) in [5.41, 5.74) is 2.79. The molecule has 1 aliphatic carbocycles. The summed E-state index contributed by atoms with van der Waals surface area (Å²) in [6.45, 7) is 5.75. The summed E-state index contributed by atoms with van der Waals surface area (Å²) < 4.78 is 1.16. The molecular formula is C14H19Br2N. The third-order valence-electron chi connectivity index (χ3n) is 3.04. The Morgan fingerprint density at radius 3 is 2.59 bits per heavy atom. The van der Waals surface area contributed by atoms with E-state index in [1.165, 1.54) is 24.1 Å². The van der Waals surface area contributed by atoms with E-state index in [4.69, 9.17) is 0 Å². The highest BCUT2D eigenvalue weighted by molar-refractivity contribution is 9.10. The van der Waals surface area contributed by atoms with Crippen molar-refractivity contribution in [3.63, 3.8) is 0 Å². The molecule has 17 heavy (non-hydrogen) atoms. The molecule has 0 heterocycles. The molecule has 3 heteroatoms. The van der Waals surface area contributed by atoms with Crippen LogP contribution in [0.2, 0.25) is 0 Å². The van der Waals surface area contributed by atoms with E-state index in [1.807, 2.05) is 0 Å². The largest absolute Gasteiger partial charge is 0.368 e. The lowest BCUT2D eigenvalue weighted by atomic mass is 10.1. The lowest BCUT2D eigenvalue weighted by Crippen LogP contribution is -2.30. The summed E-state index contributed by atoms with van der Waals surface area (Å²) in [5, 5.41) is 0.920. The van der Waals surface area contributed by atoms with Crippen molar-refractivity contribution in [2.24, 2.45) is 5.92 Å². The molecular weight excluding hydrogens is 342 g/mol. The number of hydrogen-bond acceptors (Lipinski definition) is 1. The van der Waals surface area contributed by atoms with Gasteiger partial charge < -0.3 is 4.90 Å². The van der Waals surface area contributed by atoms with Crippen LogP contribution in [0.4, 0.5) is 5.69 Å². The van der Waals surface area contributed by atoms with Gasteiger partial charge in [-0.2, -0.15) is 0 Å². The number of rotatable bonds is 5. The molecule has 0 aliphatic heterocycles. The molecule has 0 spiro atoms. The van der Waals surface area contributed by atoms with E-state index in [1.54, 1.807) is 0 Å². The normalized spacial score (nSPS) is 15.4. The fourth-order valence-corrected chi connectivity index (χ4v) is 3.02. The molecule has 2 rings (SSSR count). The summed E-state index contributed by atoms with van der Waals surface area (Å²) in [4.78, 5) is 2.59. The van der Waals surface area contributed by atoms with Crippen molar-refractivity contribution in [3.05, 3.63) is 28.2 Å². The lowest BCUT2D eigenvalue weighted by molar-refractivity contribution is 0.606. The average Bonchev–Trinajstić information content (AvgIpc) is 3.09. The Hall–Kier alpha value is -0.0200. The highest BCUT2D eigenvalue weighted by Crippen LogP contribution is 2.36. The van der Waals surface area contributed by atoms with Gasteiger partial charge in [-0.25, -0.2) is 0 Å². The first kappa shape index (κ1) is 13.4. The fraction of sp³-hybridized carbons (Fsp3) is 0.571. The maximum absolute atomic E-state index is 3.60. The Kier molecular flexibility index (Phi) is 4.53. The van der Waals surface area contributed by atoms with E-state index < -0.39 is 0 Å². The van der Waals surface area contributed by atoms with Crippen LogP contribution in [0, 0.1) is 5.92 Å². The second kappa shape index (κ2) is 5.75. The standard InChI is InChI=1S/C14H19Br2N/c1-10(2)9-17(13-4-5-13)14-6-3-12(16)7-11(14)8-15/h3,6-7,10,13H,4-5,8-9H2,1-2H3. The van der Waals surface area contributed by atoms with Crippen molar-refractivity contribution in [3.8, 4) is 0 Å². The summed E-state index contributed by atoms with van der Waals surface area (Å²) >= 11 is 7.15. The molecule has 0 amide bonds. The maximum Gasteiger partial charge on any atom is 0.0410 e. The Balaban J connectivity index is 2.28. The molecule has 1 fully saturated rings. The number of halogens is 2. The van der Waals surface area contributed by atoms with Gasteiger partial charge >= 0.3 is 0 Å². The third kappa shape index (κ3) is 3.47. The van der Waals surface area contributed by atoms with Gasteiger partial charge in [0.2, 0.25) is 0 Å². The Labute approximate surface area is 121 Å². The first-order valence-corrected chi connectivity index (χ1v) is 8.14. The Morgan fingerprint density at radius 1 is 1.35 bits per heavy atom. The van der Waals surface area contributed by atoms with Crippen LogP contribution >= 0.6 is 31.9 Å². The van der Waals surface area contributed by atoms with E-state index in [9.17, 15) is 0 Å². The van der Waals surface area contributed by atoms with Crippen molar-refractivity contribution in [2.45, 2.75) is 38.1 Å². The maximum atomic E-state index is 3.60.